The van der Waals surface area contributed by atoms with Crippen molar-refractivity contribution in [2.75, 3.05) is 43.0 Å². The maximum absolute atomic E-state index is 13.1. The van der Waals surface area contributed by atoms with Gasteiger partial charge in [0, 0.05) is 38.3 Å². The molecule has 1 aliphatic heterocycles. The van der Waals surface area contributed by atoms with Gasteiger partial charge < -0.3 is 15.0 Å². The lowest BCUT2D eigenvalue weighted by atomic mass is 10.1. The van der Waals surface area contributed by atoms with Gasteiger partial charge in [-0.3, -0.25) is 9.69 Å². The van der Waals surface area contributed by atoms with Gasteiger partial charge in [-0.25, -0.2) is 4.79 Å². The van der Waals surface area contributed by atoms with Gasteiger partial charge in [0.25, 0.3) is 5.91 Å². The number of esters is 1. The summed E-state index contributed by atoms with van der Waals surface area (Å²) >= 11 is 0. The summed E-state index contributed by atoms with van der Waals surface area (Å²) in [7, 11) is 0. The molecule has 4 rings (SSSR count). The van der Waals surface area contributed by atoms with Gasteiger partial charge in [-0.2, -0.15) is 0 Å². The molecule has 1 amide bonds. The van der Waals surface area contributed by atoms with Gasteiger partial charge in [-0.15, -0.1) is 12.4 Å². The number of aryl methyl sites for hydroxylation is 1. The van der Waals surface area contributed by atoms with E-state index in [0.29, 0.717) is 23.4 Å². The van der Waals surface area contributed by atoms with E-state index in [1.807, 2.05) is 36.4 Å². The number of hydrogen-bond acceptors (Lipinski definition) is 5. The molecule has 1 aliphatic rings. The third-order valence-corrected chi connectivity index (χ3v) is 6.34. The predicted octanol–water partition coefficient (Wildman–Crippen LogP) is 5.42. The highest BCUT2D eigenvalue weighted by molar-refractivity contribution is 6.07. The van der Waals surface area contributed by atoms with Crippen molar-refractivity contribution in [2.45, 2.75) is 26.8 Å². The summed E-state index contributed by atoms with van der Waals surface area (Å²) in [6.07, 6.45) is 0.921. The molecule has 0 unspecified atom stereocenters. The number of rotatable bonds is 8. The van der Waals surface area contributed by atoms with E-state index in [-0.39, 0.29) is 18.3 Å². The second-order valence-electron chi connectivity index (χ2n) is 8.71. The minimum Gasteiger partial charge on any atom is -0.462 e. The number of hydrogen-bond donors (Lipinski definition) is 1. The van der Waals surface area contributed by atoms with E-state index in [4.69, 9.17) is 4.74 Å². The molecule has 0 bridgehead atoms. The predicted molar refractivity (Wildman–Crippen MR) is 147 cm³/mol. The zero-order valence-corrected chi connectivity index (χ0v) is 21.7. The summed E-state index contributed by atoms with van der Waals surface area (Å²) in [6.45, 7) is 8.59. The zero-order valence-electron chi connectivity index (χ0n) is 20.9. The van der Waals surface area contributed by atoms with Crippen LogP contribution in [-0.4, -0.2) is 49.6 Å². The number of halogens is 1. The van der Waals surface area contributed by atoms with Crippen molar-refractivity contribution < 1.29 is 14.3 Å². The Labute approximate surface area is 219 Å². The van der Waals surface area contributed by atoms with Crippen LogP contribution in [0, 0.1) is 0 Å². The first kappa shape index (κ1) is 27.2. The Morgan fingerprint density at radius 3 is 2.14 bits per heavy atom. The number of carbonyl (C=O) groups excluding carboxylic acids is 2. The van der Waals surface area contributed by atoms with Gasteiger partial charge in [0.05, 0.1) is 23.5 Å². The Morgan fingerprint density at radius 1 is 0.833 bits per heavy atom. The molecular formula is C29H34ClN3O3. The van der Waals surface area contributed by atoms with Crippen molar-refractivity contribution in [1.82, 2.24) is 4.90 Å². The second kappa shape index (κ2) is 13.1. The molecule has 6 nitrogen and oxygen atoms in total. The molecule has 1 saturated heterocycles. The first-order valence-corrected chi connectivity index (χ1v) is 12.3. The molecule has 1 fully saturated rings. The Balaban J connectivity index is 0.00000361. The molecule has 0 atom stereocenters. The van der Waals surface area contributed by atoms with Gasteiger partial charge in [-0.05, 0) is 54.8 Å². The second-order valence-corrected chi connectivity index (χ2v) is 8.71. The molecule has 3 aromatic rings. The molecular weight excluding hydrogens is 474 g/mol. The zero-order chi connectivity index (χ0) is 24.6. The molecule has 0 spiro atoms. The van der Waals surface area contributed by atoms with Crippen molar-refractivity contribution >= 4 is 35.7 Å². The molecule has 3 aromatic carbocycles. The Morgan fingerprint density at radius 2 is 1.50 bits per heavy atom. The Bertz CT molecular complexity index is 1140. The maximum atomic E-state index is 13.1. The van der Waals surface area contributed by atoms with Crippen LogP contribution in [0.4, 0.5) is 11.4 Å². The SMILES string of the molecule is CCOC(=O)c1ccc(N2CCN(Cc3ccccc3)CC2)c(NC(=O)c2ccc(CC)cc2)c1.Cl. The first-order valence-electron chi connectivity index (χ1n) is 12.3. The van der Waals surface area contributed by atoms with Crippen molar-refractivity contribution in [3.05, 3.63) is 95.1 Å². The number of anilines is 2. The summed E-state index contributed by atoms with van der Waals surface area (Å²) in [6, 6.07) is 23.5. The van der Waals surface area contributed by atoms with Crippen LogP contribution in [0.25, 0.3) is 0 Å². The standard InChI is InChI=1S/C29H33N3O3.ClH/c1-3-22-10-12-24(13-11-22)28(33)30-26-20-25(29(34)35-4-2)14-15-27(26)32-18-16-31(17-19-32)21-23-8-6-5-7-9-23;/h5-15,20H,3-4,16-19,21H2,1-2H3,(H,30,33);1H. The molecule has 0 aromatic heterocycles. The fourth-order valence-electron chi connectivity index (χ4n) is 4.33. The Hall–Kier alpha value is -3.35. The highest BCUT2D eigenvalue weighted by Gasteiger charge is 2.22. The summed E-state index contributed by atoms with van der Waals surface area (Å²) < 4.78 is 5.18. The molecule has 1 heterocycles. The fraction of sp³-hybridized carbons (Fsp3) is 0.310. The van der Waals surface area contributed by atoms with E-state index >= 15 is 0 Å². The molecule has 190 valence electrons. The number of benzene rings is 3. The number of nitrogens with zero attached hydrogens (tertiary/aromatic N) is 2. The van der Waals surface area contributed by atoms with Crippen molar-refractivity contribution in [1.29, 1.82) is 0 Å². The van der Waals surface area contributed by atoms with Crippen LogP contribution in [0.1, 0.15) is 45.7 Å². The van der Waals surface area contributed by atoms with E-state index in [1.165, 1.54) is 11.1 Å². The first-order chi connectivity index (χ1) is 17.1. The average molecular weight is 508 g/mol. The highest BCUT2D eigenvalue weighted by atomic mass is 35.5. The van der Waals surface area contributed by atoms with Crippen molar-refractivity contribution in [3.63, 3.8) is 0 Å². The number of nitrogens with one attached hydrogen (secondary N) is 1. The minimum atomic E-state index is -0.394. The molecule has 7 heteroatoms. The summed E-state index contributed by atoms with van der Waals surface area (Å²) in [4.78, 5) is 30.1. The van der Waals surface area contributed by atoms with Crippen LogP contribution in [0.3, 0.4) is 0 Å². The number of carbonyl (C=O) groups is 2. The molecule has 0 saturated carbocycles. The largest absolute Gasteiger partial charge is 0.462 e. The summed E-state index contributed by atoms with van der Waals surface area (Å²) in [5.74, 6) is -0.591. The topological polar surface area (TPSA) is 61.9 Å². The lowest BCUT2D eigenvalue weighted by Crippen LogP contribution is -2.46. The highest BCUT2D eigenvalue weighted by Crippen LogP contribution is 2.29. The van der Waals surface area contributed by atoms with E-state index in [1.54, 1.807) is 19.1 Å². The van der Waals surface area contributed by atoms with Crippen molar-refractivity contribution in [3.8, 4) is 0 Å². The molecule has 36 heavy (non-hydrogen) atoms. The van der Waals surface area contributed by atoms with Crippen LogP contribution in [0.2, 0.25) is 0 Å². The minimum absolute atomic E-state index is 0. The maximum Gasteiger partial charge on any atom is 0.338 e. The number of ether oxygens (including phenoxy) is 1. The van der Waals surface area contributed by atoms with Crippen LogP contribution in [0.5, 0.6) is 0 Å². The Kier molecular flexibility index (Phi) is 9.91. The fourth-order valence-corrected chi connectivity index (χ4v) is 4.33. The number of piperazine rings is 1. The van der Waals surface area contributed by atoms with Crippen molar-refractivity contribution in [2.24, 2.45) is 0 Å². The van der Waals surface area contributed by atoms with Gasteiger partial charge in [0.2, 0.25) is 0 Å². The van der Waals surface area contributed by atoms with Crippen LogP contribution in [0.15, 0.2) is 72.8 Å². The van der Waals surface area contributed by atoms with Gasteiger partial charge in [0.1, 0.15) is 0 Å². The number of amides is 1. The average Bonchev–Trinajstić information content (AvgIpc) is 2.90. The van der Waals surface area contributed by atoms with Gasteiger partial charge in [0.15, 0.2) is 0 Å². The monoisotopic (exact) mass is 507 g/mol. The molecule has 0 aliphatic carbocycles. The van der Waals surface area contributed by atoms with Crippen LogP contribution >= 0.6 is 12.4 Å². The lowest BCUT2D eigenvalue weighted by molar-refractivity contribution is 0.0526. The third-order valence-electron chi connectivity index (χ3n) is 6.34. The van der Waals surface area contributed by atoms with E-state index < -0.39 is 5.97 Å². The van der Waals surface area contributed by atoms with E-state index in [2.05, 4.69) is 46.3 Å². The third kappa shape index (κ3) is 6.86. The normalized spacial score (nSPS) is 13.6. The summed E-state index contributed by atoms with van der Waals surface area (Å²) in [5.41, 5.74) is 5.03. The quantitative estimate of drug-likeness (QED) is 0.412. The smallest absolute Gasteiger partial charge is 0.338 e. The van der Waals surface area contributed by atoms with Crippen LogP contribution in [-0.2, 0) is 17.7 Å². The summed E-state index contributed by atoms with van der Waals surface area (Å²) in [5, 5.41) is 3.05. The van der Waals surface area contributed by atoms with E-state index in [9.17, 15) is 9.59 Å². The molecule has 1 N–H and O–H groups in total. The lowest BCUT2D eigenvalue weighted by Gasteiger charge is -2.37. The van der Waals surface area contributed by atoms with Gasteiger partial charge in [-0.1, -0.05) is 49.4 Å². The van der Waals surface area contributed by atoms with Gasteiger partial charge >= 0.3 is 5.97 Å². The van der Waals surface area contributed by atoms with Crippen LogP contribution < -0.4 is 10.2 Å². The molecule has 0 radical (unpaired) electrons. The van der Waals surface area contributed by atoms with E-state index in [0.717, 1.165) is 44.8 Å².